The Kier molecular flexibility index (Phi) is 8.43. The smallest absolute Gasteiger partial charge is 0.261 e. The lowest BCUT2D eigenvalue weighted by Crippen LogP contribution is -2.28. The van der Waals surface area contributed by atoms with E-state index in [4.69, 9.17) is 23.2 Å². The third-order valence-corrected chi connectivity index (χ3v) is 6.30. The molecule has 0 fully saturated rings. The van der Waals surface area contributed by atoms with Crippen molar-refractivity contribution in [1.29, 1.82) is 0 Å². The van der Waals surface area contributed by atoms with E-state index in [1.54, 1.807) is 48.8 Å². The molecule has 0 aliphatic rings. The van der Waals surface area contributed by atoms with E-state index in [2.05, 4.69) is 10.3 Å². The summed E-state index contributed by atoms with van der Waals surface area (Å²) in [6, 6.07) is 15.7. The number of benzene rings is 2. The van der Waals surface area contributed by atoms with Gasteiger partial charge < -0.3 is 5.32 Å². The number of rotatable bonds is 9. The van der Waals surface area contributed by atoms with E-state index >= 15 is 0 Å². The van der Waals surface area contributed by atoms with E-state index < -0.39 is 11.3 Å². The summed E-state index contributed by atoms with van der Waals surface area (Å²) < 4.78 is 22.9. The lowest BCUT2D eigenvalue weighted by molar-refractivity contribution is 0.0954. The van der Waals surface area contributed by atoms with Gasteiger partial charge >= 0.3 is 0 Å². The number of hydrogen-bond donors (Lipinski definition) is 2. The second-order valence-corrected chi connectivity index (χ2v) is 8.39. The Morgan fingerprint density at radius 2 is 1.74 bits per heavy atom. The number of amides is 1. The molecule has 0 aliphatic carbocycles. The molecule has 0 saturated carbocycles. The Morgan fingerprint density at radius 1 is 1.03 bits per heavy atom. The van der Waals surface area contributed by atoms with Gasteiger partial charge in [-0.15, -0.1) is 0 Å². The average molecular weight is 478 g/mol. The van der Waals surface area contributed by atoms with Gasteiger partial charge in [0.2, 0.25) is 0 Å². The minimum Gasteiger partial charge on any atom is -0.352 e. The molecule has 162 valence electrons. The van der Waals surface area contributed by atoms with Crippen LogP contribution in [-0.2, 0) is 24.1 Å². The van der Waals surface area contributed by atoms with Crippen LogP contribution in [0.4, 0.5) is 5.69 Å². The normalized spacial score (nSPS) is 11.7. The predicted molar refractivity (Wildman–Crippen MR) is 125 cm³/mol. The number of halogens is 2. The number of nitrogens with zero attached hydrogens (tertiary/aromatic N) is 2. The van der Waals surface area contributed by atoms with Crippen molar-refractivity contribution in [2.75, 3.05) is 17.4 Å². The van der Waals surface area contributed by atoms with E-state index in [0.29, 0.717) is 40.7 Å². The summed E-state index contributed by atoms with van der Waals surface area (Å²) in [7, 11) is 0. The lowest BCUT2D eigenvalue weighted by Gasteiger charge is -2.20. The largest absolute Gasteiger partial charge is 0.352 e. The molecular formula is C22H21Cl2N3O3S. The summed E-state index contributed by atoms with van der Waals surface area (Å²) >= 11 is 10.0. The molecule has 1 unspecified atom stereocenters. The molecule has 31 heavy (non-hydrogen) atoms. The monoisotopic (exact) mass is 477 g/mol. The molecule has 0 radical (unpaired) electrons. The third-order valence-electron chi connectivity index (χ3n) is 4.67. The van der Waals surface area contributed by atoms with E-state index in [-0.39, 0.29) is 12.5 Å². The number of carbonyl (C=O) groups is 1. The molecule has 3 aromatic rings. The zero-order chi connectivity index (χ0) is 22.2. The van der Waals surface area contributed by atoms with Gasteiger partial charge in [-0.1, -0.05) is 35.3 Å². The highest BCUT2D eigenvalue weighted by Crippen LogP contribution is 2.26. The van der Waals surface area contributed by atoms with E-state index in [1.807, 2.05) is 18.2 Å². The molecule has 2 N–H and O–H groups in total. The zero-order valence-electron chi connectivity index (χ0n) is 16.5. The van der Waals surface area contributed by atoms with Crippen LogP contribution in [0.3, 0.4) is 0 Å². The highest BCUT2D eigenvalue weighted by molar-refractivity contribution is 7.80. The highest BCUT2D eigenvalue weighted by Gasteiger charge is 2.15. The first-order valence-electron chi connectivity index (χ1n) is 9.54. The Bertz CT molecular complexity index is 1050. The van der Waals surface area contributed by atoms with Crippen LogP contribution in [0.15, 0.2) is 67.0 Å². The van der Waals surface area contributed by atoms with Gasteiger partial charge in [-0.05, 0) is 66.4 Å². The standard InChI is InChI=1S/C22H21Cl2N3O3S/c23-20-3-1-2-17(21(20)24)11-15-27(31(29)30)19-6-4-18(5-7-19)22(28)26-14-10-16-8-12-25-13-9-16/h1-9,12-13H,10-11,14-15H2,(H,26,28)(H,29,30). The maximum absolute atomic E-state index is 12.4. The van der Waals surface area contributed by atoms with Crippen molar-refractivity contribution in [3.8, 4) is 0 Å². The molecule has 1 atom stereocenters. The summed E-state index contributed by atoms with van der Waals surface area (Å²) in [5, 5.41) is 3.74. The first kappa shape index (κ1) is 23.2. The summed E-state index contributed by atoms with van der Waals surface area (Å²) in [5.74, 6) is -0.206. The summed E-state index contributed by atoms with van der Waals surface area (Å²) in [6.07, 6.45) is 4.57. The van der Waals surface area contributed by atoms with E-state index in [1.165, 1.54) is 4.31 Å². The first-order valence-corrected chi connectivity index (χ1v) is 11.4. The SMILES string of the molecule is O=C(NCCc1ccncc1)c1ccc(N(CCc2cccc(Cl)c2Cl)S(=O)O)cc1. The molecule has 1 heterocycles. The molecular weight excluding hydrogens is 457 g/mol. The van der Waals surface area contributed by atoms with Crippen LogP contribution in [0.1, 0.15) is 21.5 Å². The van der Waals surface area contributed by atoms with Crippen molar-refractivity contribution in [2.24, 2.45) is 0 Å². The van der Waals surface area contributed by atoms with Gasteiger partial charge in [-0.3, -0.25) is 18.6 Å². The fraction of sp³-hybridized carbons (Fsp3) is 0.182. The average Bonchev–Trinajstić information content (AvgIpc) is 2.77. The fourth-order valence-corrected chi connectivity index (χ4v) is 3.98. The van der Waals surface area contributed by atoms with Gasteiger partial charge in [0.25, 0.3) is 17.2 Å². The maximum atomic E-state index is 12.4. The molecule has 0 spiro atoms. The lowest BCUT2D eigenvalue weighted by atomic mass is 10.1. The topological polar surface area (TPSA) is 82.5 Å². The second kappa shape index (κ2) is 11.2. The van der Waals surface area contributed by atoms with Crippen LogP contribution in [0.2, 0.25) is 10.0 Å². The van der Waals surface area contributed by atoms with Crippen LogP contribution in [0.5, 0.6) is 0 Å². The second-order valence-electron chi connectivity index (χ2n) is 6.70. The Hall–Kier alpha value is -2.45. The van der Waals surface area contributed by atoms with Gasteiger partial charge in [-0.25, -0.2) is 4.21 Å². The van der Waals surface area contributed by atoms with Crippen molar-refractivity contribution in [1.82, 2.24) is 10.3 Å². The molecule has 9 heteroatoms. The number of anilines is 1. The highest BCUT2D eigenvalue weighted by atomic mass is 35.5. The Morgan fingerprint density at radius 3 is 2.42 bits per heavy atom. The van der Waals surface area contributed by atoms with Crippen molar-refractivity contribution < 1.29 is 13.6 Å². The third kappa shape index (κ3) is 6.51. The number of hydrogen-bond acceptors (Lipinski definition) is 3. The van der Waals surface area contributed by atoms with Crippen LogP contribution >= 0.6 is 23.2 Å². The molecule has 0 bridgehead atoms. The number of carbonyl (C=O) groups excluding carboxylic acids is 1. The van der Waals surface area contributed by atoms with Crippen LogP contribution in [0.25, 0.3) is 0 Å². The Balaban J connectivity index is 1.60. The van der Waals surface area contributed by atoms with Gasteiger partial charge in [0.05, 0.1) is 15.7 Å². The van der Waals surface area contributed by atoms with E-state index in [9.17, 15) is 13.6 Å². The minimum atomic E-state index is -2.23. The molecule has 0 aliphatic heterocycles. The van der Waals surface area contributed by atoms with Gasteiger partial charge in [0, 0.05) is 31.0 Å². The van der Waals surface area contributed by atoms with Gasteiger partial charge in [-0.2, -0.15) is 0 Å². The summed E-state index contributed by atoms with van der Waals surface area (Å²) in [6.45, 7) is 0.748. The number of pyridine rings is 1. The molecule has 1 amide bonds. The summed E-state index contributed by atoms with van der Waals surface area (Å²) in [4.78, 5) is 16.3. The van der Waals surface area contributed by atoms with Crippen LogP contribution in [-0.4, -0.2) is 32.7 Å². The minimum absolute atomic E-state index is 0.206. The molecule has 2 aromatic carbocycles. The fourth-order valence-electron chi connectivity index (χ4n) is 3.01. The summed E-state index contributed by atoms with van der Waals surface area (Å²) in [5.41, 5.74) is 2.87. The molecule has 0 saturated heterocycles. The van der Waals surface area contributed by atoms with Gasteiger partial charge in [0.1, 0.15) is 0 Å². The van der Waals surface area contributed by atoms with Crippen LogP contribution in [0, 0.1) is 0 Å². The maximum Gasteiger partial charge on any atom is 0.261 e. The first-order chi connectivity index (χ1) is 15.0. The van der Waals surface area contributed by atoms with Gasteiger partial charge in [0.15, 0.2) is 0 Å². The van der Waals surface area contributed by atoms with Crippen molar-refractivity contribution in [3.05, 3.63) is 93.7 Å². The van der Waals surface area contributed by atoms with Crippen molar-refractivity contribution in [2.45, 2.75) is 12.8 Å². The quantitative estimate of drug-likeness (QED) is 0.443. The van der Waals surface area contributed by atoms with Crippen molar-refractivity contribution in [3.63, 3.8) is 0 Å². The van der Waals surface area contributed by atoms with Crippen LogP contribution < -0.4 is 9.62 Å². The Labute approximate surface area is 193 Å². The number of aromatic nitrogens is 1. The zero-order valence-corrected chi connectivity index (χ0v) is 18.8. The molecule has 1 aromatic heterocycles. The van der Waals surface area contributed by atoms with E-state index in [0.717, 1.165) is 11.1 Å². The molecule has 6 nitrogen and oxygen atoms in total. The predicted octanol–water partition coefficient (Wildman–Crippen LogP) is 4.55. The number of nitrogens with one attached hydrogen (secondary N) is 1. The molecule has 3 rings (SSSR count). The van der Waals surface area contributed by atoms with Crippen molar-refractivity contribution >= 4 is 46.1 Å².